The molecule has 4 atom stereocenters. The molecule has 0 radical (unpaired) electrons. The topological polar surface area (TPSA) is 140 Å². The number of imidazole rings is 1. The minimum atomic E-state index is -1.89. The molecule has 1 aliphatic rings. The summed E-state index contributed by atoms with van der Waals surface area (Å²) in [7, 11) is 0. The van der Waals surface area contributed by atoms with Gasteiger partial charge in [-0.2, -0.15) is 14.4 Å². The maximum absolute atomic E-state index is 13.6. The number of rotatable bonds is 2. The van der Waals surface area contributed by atoms with Gasteiger partial charge in [0.1, 0.15) is 16.8 Å². The van der Waals surface area contributed by atoms with E-state index in [4.69, 9.17) is 10.5 Å². The van der Waals surface area contributed by atoms with Gasteiger partial charge in [0, 0.05) is 0 Å². The number of aromatic nitrogens is 4. The second kappa shape index (κ2) is 4.60. The number of aliphatic hydroxyl groups excluding tert-OH is 1. The molecule has 5 N–H and O–H groups in total. The molecule has 0 unspecified atom stereocenters. The highest BCUT2D eigenvalue weighted by Crippen LogP contribution is 2.54. The van der Waals surface area contributed by atoms with Gasteiger partial charge in [0.2, 0.25) is 0 Å². The number of anilines is 1. The van der Waals surface area contributed by atoms with Crippen LogP contribution in [0.5, 0.6) is 0 Å². The third-order valence-electron chi connectivity index (χ3n) is 5.46. The van der Waals surface area contributed by atoms with E-state index in [1.54, 1.807) is 0 Å². The Morgan fingerprint density at radius 3 is 2.38 bits per heavy atom. The normalized spacial score (nSPS) is 39.7. The second-order valence-corrected chi connectivity index (χ2v) is 6.78. The second-order valence-electron chi connectivity index (χ2n) is 6.78. The maximum atomic E-state index is 13.6. The van der Waals surface area contributed by atoms with Crippen molar-refractivity contribution in [3.8, 4) is 0 Å². The molecule has 2 aromatic rings. The van der Waals surface area contributed by atoms with Crippen LogP contribution in [0, 0.1) is 6.08 Å². The number of fused-ring (bicyclic) bond motifs is 1. The van der Waals surface area contributed by atoms with E-state index in [0.717, 1.165) is 0 Å². The Kier molecular flexibility index (Phi) is 3.25. The summed E-state index contributed by atoms with van der Waals surface area (Å²) in [6.07, 6.45) is 0.211. The summed E-state index contributed by atoms with van der Waals surface area (Å²) < 4.78 is 20.8. The molecular formula is C14H20FN5O4. The molecule has 10 heteroatoms. The van der Waals surface area contributed by atoms with Crippen molar-refractivity contribution in [2.24, 2.45) is 0 Å². The van der Waals surface area contributed by atoms with Crippen LogP contribution in [0.15, 0.2) is 6.33 Å². The van der Waals surface area contributed by atoms with Crippen molar-refractivity contribution in [1.29, 1.82) is 0 Å². The summed E-state index contributed by atoms with van der Waals surface area (Å²) in [5.74, 6) is -0.158. The van der Waals surface area contributed by atoms with Crippen molar-refractivity contribution >= 4 is 17.0 Å². The standard InChI is InChI=1S/C14H20FN5O4/c1-11(5-21)12(2,22)13(3,23)14(4,24-11)20-6-17-7-8(16)18-10(15)19-9(7)20/h6,21-23H,5H2,1-4H3,(H2,16,18,19)/t11-,12-,13-,14-/m1/s1. The van der Waals surface area contributed by atoms with Crippen molar-refractivity contribution in [3.63, 3.8) is 0 Å². The first-order valence-corrected chi connectivity index (χ1v) is 7.33. The highest BCUT2D eigenvalue weighted by Gasteiger charge is 2.72. The van der Waals surface area contributed by atoms with Gasteiger partial charge in [0.25, 0.3) is 0 Å². The summed E-state index contributed by atoms with van der Waals surface area (Å²) in [5.41, 5.74) is -1.04. The zero-order valence-corrected chi connectivity index (χ0v) is 13.8. The molecule has 132 valence electrons. The summed E-state index contributed by atoms with van der Waals surface area (Å²) >= 11 is 0. The lowest BCUT2D eigenvalue weighted by Gasteiger charge is -2.42. The smallest absolute Gasteiger partial charge is 0.312 e. The molecule has 2 aromatic heterocycles. The number of nitrogens with zero attached hydrogens (tertiary/aromatic N) is 4. The number of halogens is 1. The number of hydrogen-bond donors (Lipinski definition) is 4. The van der Waals surface area contributed by atoms with E-state index in [0.29, 0.717) is 0 Å². The van der Waals surface area contributed by atoms with E-state index in [1.165, 1.54) is 38.6 Å². The van der Waals surface area contributed by atoms with Gasteiger partial charge < -0.3 is 25.8 Å². The van der Waals surface area contributed by atoms with Crippen LogP contribution in [0.4, 0.5) is 10.2 Å². The minimum Gasteiger partial charge on any atom is -0.393 e. The summed E-state index contributed by atoms with van der Waals surface area (Å²) in [6.45, 7) is 5.12. The summed E-state index contributed by atoms with van der Waals surface area (Å²) in [4.78, 5) is 11.1. The molecule has 0 bridgehead atoms. The number of nitrogen functional groups attached to an aromatic ring is 1. The van der Waals surface area contributed by atoms with Crippen LogP contribution < -0.4 is 5.73 Å². The lowest BCUT2D eigenvalue weighted by molar-refractivity contribution is -0.192. The molecule has 0 aliphatic carbocycles. The van der Waals surface area contributed by atoms with E-state index >= 15 is 0 Å². The zero-order valence-electron chi connectivity index (χ0n) is 13.8. The van der Waals surface area contributed by atoms with Gasteiger partial charge in [-0.3, -0.25) is 4.57 Å². The monoisotopic (exact) mass is 341 g/mol. The molecule has 3 rings (SSSR count). The Bertz CT molecular complexity index is 823. The number of aliphatic hydroxyl groups is 3. The molecule has 9 nitrogen and oxygen atoms in total. The summed E-state index contributed by atoms with van der Waals surface area (Å²) in [5, 5.41) is 31.6. The third kappa shape index (κ3) is 1.73. The van der Waals surface area contributed by atoms with Crippen molar-refractivity contribution in [1.82, 2.24) is 19.5 Å². The molecule has 1 saturated heterocycles. The highest BCUT2D eigenvalue weighted by atomic mass is 19.1. The maximum Gasteiger partial charge on any atom is 0.312 e. The fourth-order valence-electron chi connectivity index (χ4n) is 3.28. The van der Waals surface area contributed by atoms with Crippen LogP contribution in [0.2, 0.25) is 0 Å². The Morgan fingerprint density at radius 1 is 1.21 bits per heavy atom. The molecule has 0 aromatic carbocycles. The predicted molar refractivity (Wildman–Crippen MR) is 81.2 cm³/mol. The average molecular weight is 341 g/mol. The third-order valence-corrected chi connectivity index (χ3v) is 5.46. The van der Waals surface area contributed by atoms with E-state index in [2.05, 4.69) is 15.0 Å². The molecular weight excluding hydrogens is 321 g/mol. The van der Waals surface area contributed by atoms with Gasteiger partial charge in [-0.1, -0.05) is 0 Å². The van der Waals surface area contributed by atoms with Crippen LogP contribution in [0.3, 0.4) is 0 Å². The van der Waals surface area contributed by atoms with Crippen molar-refractivity contribution in [2.45, 2.75) is 50.2 Å². The Balaban J connectivity index is 2.30. The quantitative estimate of drug-likeness (QED) is 0.536. The molecule has 3 heterocycles. The summed E-state index contributed by atoms with van der Waals surface area (Å²) in [6, 6.07) is 0. The Hall–Kier alpha value is -1.88. The van der Waals surface area contributed by atoms with Crippen molar-refractivity contribution in [3.05, 3.63) is 12.4 Å². The first-order chi connectivity index (χ1) is 10.9. The fraction of sp³-hybridized carbons (Fsp3) is 0.643. The Morgan fingerprint density at radius 2 is 1.83 bits per heavy atom. The molecule has 1 aliphatic heterocycles. The van der Waals surface area contributed by atoms with E-state index < -0.39 is 35.2 Å². The first kappa shape index (κ1) is 17.0. The highest BCUT2D eigenvalue weighted by molar-refractivity contribution is 5.81. The van der Waals surface area contributed by atoms with Gasteiger partial charge in [-0.15, -0.1) is 0 Å². The van der Waals surface area contributed by atoms with Crippen molar-refractivity contribution < 1.29 is 24.4 Å². The van der Waals surface area contributed by atoms with E-state index in [1.807, 2.05) is 0 Å². The van der Waals surface area contributed by atoms with Gasteiger partial charge >= 0.3 is 6.08 Å². The lowest BCUT2D eigenvalue weighted by atomic mass is 9.73. The zero-order chi connectivity index (χ0) is 18.1. The van der Waals surface area contributed by atoms with Crippen molar-refractivity contribution in [2.75, 3.05) is 12.3 Å². The first-order valence-electron chi connectivity index (χ1n) is 7.33. The molecule has 0 amide bonds. The van der Waals surface area contributed by atoms with Gasteiger partial charge in [0.05, 0.1) is 12.9 Å². The molecule has 0 spiro atoms. The van der Waals surface area contributed by atoms with E-state index in [9.17, 15) is 19.7 Å². The molecule has 1 fully saturated rings. The van der Waals surface area contributed by atoms with Crippen LogP contribution in [-0.4, -0.2) is 58.2 Å². The van der Waals surface area contributed by atoms with Crippen LogP contribution in [0.1, 0.15) is 27.7 Å². The SMILES string of the molecule is C[C@]1(O)[C@@](C)(O)[C@](C)(n2cnc3c(N)nc(F)nc32)O[C@]1(C)CO. The van der Waals surface area contributed by atoms with Crippen LogP contribution in [-0.2, 0) is 10.5 Å². The number of hydrogen-bond acceptors (Lipinski definition) is 8. The molecule has 24 heavy (non-hydrogen) atoms. The molecule has 0 saturated carbocycles. The average Bonchev–Trinajstić information content (AvgIpc) is 2.94. The predicted octanol–water partition coefficient (Wildman–Crippen LogP) is -0.497. The number of ether oxygens (including phenoxy) is 1. The van der Waals surface area contributed by atoms with E-state index in [-0.39, 0.29) is 17.0 Å². The number of nitrogens with two attached hydrogens (primary N) is 1. The van der Waals surface area contributed by atoms with Gasteiger partial charge in [-0.05, 0) is 27.7 Å². The minimum absolute atomic E-state index is 0.000708. The van der Waals surface area contributed by atoms with Gasteiger partial charge in [0.15, 0.2) is 22.7 Å². The van der Waals surface area contributed by atoms with Crippen LogP contribution >= 0.6 is 0 Å². The fourth-order valence-corrected chi connectivity index (χ4v) is 3.28. The lowest BCUT2D eigenvalue weighted by Crippen LogP contribution is -2.63. The Labute approximate surface area is 136 Å². The van der Waals surface area contributed by atoms with Crippen LogP contribution in [0.25, 0.3) is 11.2 Å². The van der Waals surface area contributed by atoms with Gasteiger partial charge in [-0.25, -0.2) is 4.98 Å². The largest absolute Gasteiger partial charge is 0.393 e.